The highest BCUT2D eigenvalue weighted by Gasteiger charge is 2.32. The monoisotopic (exact) mass is 250 g/mol. The van der Waals surface area contributed by atoms with Crippen molar-refractivity contribution in [3.63, 3.8) is 0 Å². The lowest BCUT2D eigenvalue weighted by molar-refractivity contribution is 0.122. The highest BCUT2D eigenvalue weighted by molar-refractivity contribution is 7.10. The summed E-state index contributed by atoms with van der Waals surface area (Å²) in [6.45, 7) is 2.46. The van der Waals surface area contributed by atoms with Crippen LogP contribution < -0.4 is 5.32 Å². The van der Waals surface area contributed by atoms with Crippen molar-refractivity contribution in [3.05, 3.63) is 22.4 Å². The second kappa shape index (κ2) is 5.09. The normalized spacial score (nSPS) is 30.6. The molecule has 1 saturated carbocycles. The Morgan fingerprint density at radius 1 is 1.41 bits per heavy atom. The number of nitrogens with zero attached hydrogens (tertiary/aromatic N) is 1. The van der Waals surface area contributed by atoms with Crippen molar-refractivity contribution < 1.29 is 0 Å². The van der Waals surface area contributed by atoms with Crippen molar-refractivity contribution >= 4 is 11.3 Å². The van der Waals surface area contributed by atoms with Gasteiger partial charge in [0.2, 0.25) is 0 Å². The van der Waals surface area contributed by atoms with Gasteiger partial charge in [-0.25, -0.2) is 0 Å². The Bertz CT molecular complexity index is 345. The first-order valence-corrected chi connectivity index (χ1v) is 7.69. The van der Waals surface area contributed by atoms with E-state index in [-0.39, 0.29) is 0 Å². The summed E-state index contributed by atoms with van der Waals surface area (Å²) in [7, 11) is 2.29. The second-order valence-electron chi connectivity index (χ2n) is 5.53. The van der Waals surface area contributed by atoms with Gasteiger partial charge in [-0.3, -0.25) is 4.90 Å². The van der Waals surface area contributed by atoms with E-state index in [0.717, 1.165) is 12.0 Å². The predicted molar refractivity (Wildman–Crippen MR) is 73.4 cm³/mol. The van der Waals surface area contributed by atoms with Crippen molar-refractivity contribution in [2.24, 2.45) is 5.92 Å². The van der Waals surface area contributed by atoms with Gasteiger partial charge in [0.1, 0.15) is 0 Å². The maximum Gasteiger partial charge on any atom is 0.0478 e. The van der Waals surface area contributed by atoms with Crippen LogP contribution in [-0.4, -0.2) is 31.1 Å². The molecule has 0 spiro atoms. The molecule has 2 aliphatic rings. The summed E-state index contributed by atoms with van der Waals surface area (Å²) in [6, 6.07) is 5.98. The Kier molecular flexibility index (Phi) is 3.50. The molecule has 94 valence electrons. The van der Waals surface area contributed by atoms with Gasteiger partial charge in [0.25, 0.3) is 0 Å². The van der Waals surface area contributed by atoms with Gasteiger partial charge in [-0.1, -0.05) is 6.07 Å². The lowest BCUT2D eigenvalue weighted by Gasteiger charge is -2.39. The molecule has 0 radical (unpaired) electrons. The molecule has 1 aliphatic carbocycles. The quantitative estimate of drug-likeness (QED) is 0.884. The van der Waals surface area contributed by atoms with E-state index in [2.05, 4.69) is 34.8 Å². The molecular formula is C14H22N2S. The molecule has 1 aromatic rings. The van der Waals surface area contributed by atoms with Crippen LogP contribution in [0, 0.1) is 5.92 Å². The number of hydrogen-bond donors (Lipinski definition) is 1. The second-order valence-corrected chi connectivity index (χ2v) is 6.50. The van der Waals surface area contributed by atoms with E-state index in [1.54, 1.807) is 4.88 Å². The zero-order valence-corrected chi connectivity index (χ0v) is 11.4. The summed E-state index contributed by atoms with van der Waals surface area (Å²) < 4.78 is 0. The van der Waals surface area contributed by atoms with E-state index in [0.29, 0.717) is 6.04 Å². The molecule has 0 bridgehead atoms. The van der Waals surface area contributed by atoms with Crippen LogP contribution in [0.4, 0.5) is 0 Å². The summed E-state index contributed by atoms with van der Waals surface area (Å²) in [6.07, 6.45) is 5.53. The third-order valence-corrected chi connectivity index (χ3v) is 5.03. The molecule has 2 atom stereocenters. The molecule has 1 aromatic heterocycles. The van der Waals surface area contributed by atoms with Gasteiger partial charge in [0.15, 0.2) is 0 Å². The number of hydrogen-bond acceptors (Lipinski definition) is 3. The SMILES string of the molecule is CN1CCCC(CNC2CC2)C1c1cccs1. The predicted octanol–water partition coefficient (Wildman–Crippen LogP) is 2.88. The van der Waals surface area contributed by atoms with Gasteiger partial charge in [-0.05, 0) is 56.6 Å². The first-order chi connectivity index (χ1) is 8.34. The molecule has 3 rings (SSSR count). The molecule has 1 saturated heterocycles. The topological polar surface area (TPSA) is 15.3 Å². The van der Waals surface area contributed by atoms with E-state index in [4.69, 9.17) is 0 Å². The van der Waals surface area contributed by atoms with Crippen molar-refractivity contribution in [2.45, 2.75) is 37.8 Å². The molecule has 0 aromatic carbocycles. The smallest absolute Gasteiger partial charge is 0.0478 e. The van der Waals surface area contributed by atoms with Gasteiger partial charge in [-0.2, -0.15) is 0 Å². The first kappa shape index (κ1) is 11.7. The van der Waals surface area contributed by atoms with Crippen molar-refractivity contribution in [1.82, 2.24) is 10.2 Å². The molecule has 2 heterocycles. The maximum atomic E-state index is 3.72. The summed E-state index contributed by atoms with van der Waals surface area (Å²) in [5.41, 5.74) is 0. The minimum Gasteiger partial charge on any atom is -0.314 e. The molecule has 17 heavy (non-hydrogen) atoms. The Morgan fingerprint density at radius 3 is 3.00 bits per heavy atom. The molecule has 2 nitrogen and oxygen atoms in total. The lowest BCUT2D eigenvalue weighted by Crippen LogP contribution is -2.40. The first-order valence-electron chi connectivity index (χ1n) is 6.81. The average Bonchev–Trinajstić information content (AvgIpc) is 3.01. The van der Waals surface area contributed by atoms with Crippen LogP contribution in [0.1, 0.15) is 36.6 Å². The van der Waals surface area contributed by atoms with Crippen LogP contribution in [0.2, 0.25) is 0 Å². The van der Waals surface area contributed by atoms with E-state index in [9.17, 15) is 0 Å². The minimum atomic E-state index is 0.648. The minimum absolute atomic E-state index is 0.648. The highest BCUT2D eigenvalue weighted by Crippen LogP contribution is 2.37. The Hall–Kier alpha value is -0.380. The van der Waals surface area contributed by atoms with Crippen molar-refractivity contribution in [2.75, 3.05) is 20.1 Å². The highest BCUT2D eigenvalue weighted by atomic mass is 32.1. The van der Waals surface area contributed by atoms with Gasteiger partial charge in [-0.15, -0.1) is 11.3 Å². The standard InChI is InChI=1S/C14H22N2S/c1-16-8-2-4-11(10-15-12-6-7-12)14(16)13-5-3-9-17-13/h3,5,9,11-12,14-15H,2,4,6-8,10H2,1H3. The van der Waals surface area contributed by atoms with Crippen molar-refractivity contribution in [1.29, 1.82) is 0 Å². The maximum absolute atomic E-state index is 3.72. The number of likely N-dealkylation sites (tertiary alicyclic amines) is 1. The lowest BCUT2D eigenvalue weighted by atomic mass is 9.88. The van der Waals surface area contributed by atoms with Gasteiger partial charge in [0.05, 0.1) is 0 Å². The zero-order valence-electron chi connectivity index (χ0n) is 10.6. The van der Waals surface area contributed by atoms with Crippen LogP contribution >= 0.6 is 11.3 Å². The molecule has 2 unspecified atom stereocenters. The average molecular weight is 250 g/mol. The van der Waals surface area contributed by atoms with Crippen LogP contribution in [0.3, 0.4) is 0 Å². The number of rotatable bonds is 4. The van der Waals surface area contributed by atoms with Crippen LogP contribution in [0.5, 0.6) is 0 Å². The van der Waals surface area contributed by atoms with Crippen LogP contribution in [0.25, 0.3) is 0 Å². The van der Waals surface area contributed by atoms with Gasteiger partial charge >= 0.3 is 0 Å². The van der Waals surface area contributed by atoms with Gasteiger partial charge in [0, 0.05) is 23.5 Å². The van der Waals surface area contributed by atoms with Crippen LogP contribution in [0.15, 0.2) is 17.5 Å². The summed E-state index contributed by atoms with van der Waals surface area (Å²) in [5, 5.41) is 5.93. The Morgan fingerprint density at radius 2 is 2.29 bits per heavy atom. The number of thiophene rings is 1. The third-order valence-electron chi connectivity index (χ3n) is 4.09. The largest absolute Gasteiger partial charge is 0.314 e. The molecule has 1 N–H and O–H groups in total. The molecule has 1 aliphatic heterocycles. The Labute approximate surface area is 108 Å². The van der Waals surface area contributed by atoms with E-state index in [1.165, 1.54) is 38.8 Å². The fraction of sp³-hybridized carbons (Fsp3) is 0.714. The third kappa shape index (κ3) is 2.72. The molecule has 3 heteroatoms. The summed E-state index contributed by atoms with van der Waals surface area (Å²) in [4.78, 5) is 4.10. The van der Waals surface area contributed by atoms with Crippen LogP contribution in [-0.2, 0) is 0 Å². The van der Waals surface area contributed by atoms with Crippen molar-refractivity contribution in [3.8, 4) is 0 Å². The number of nitrogens with one attached hydrogen (secondary N) is 1. The summed E-state index contributed by atoms with van der Waals surface area (Å²) >= 11 is 1.92. The number of piperidine rings is 1. The van der Waals surface area contributed by atoms with E-state index >= 15 is 0 Å². The Balaban J connectivity index is 1.69. The fourth-order valence-corrected chi connectivity index (χ4v) is 3.97. The van der Waals surface area contributed by atoms with E-state index in [1.807, 2.05) is 11.3 Å². The van der Waals surface area contributed by atoms with E-state index < -0.39 is 0 Å². The molecule has 0 amide bonds. The zero-order chi connectivity index (χ0) is 11.7. The summed E-state index contributed by atoms with van der Waals surface area (Å²) in [5.74, 6) is 0.799. The fourth-order valence-electron chi connectivity index (χ4n) is 2.99. The van der Waals surface area contributed by atoms with Gasteiger partial charge < -0.3 is 5.32 Å². The molecule has 2 fully saturated rings. The molecular weight excluding hydrogens is 228 g/mol.